The number of carbonyl (C=O) groups is 3. The van der Waals surface area contributed by atoms with Crippen LogP contribution in [0.5, 0.6) is 0 Å². The van der Waals surface area contributed by atoms with Crippen molar-refractivity contribution < 1.29 is 28.6 Å². The normalized spacial score (nSPS) is 11.9. The first-order valence-electron chi connectivity index (χ1n) is 8.16. The van der Waals surface area contributed by atoms with Crippen molar-refractivity contribution in [1.29, 1.82) is 0 Å². The number of nitrogens with one attached hydrogen (secondary N) is 1. The van der Waals surface area contributed by atoms with Gasteiger partial charge in [0.25, 0.3) is 0 Å². The maximum Gasteiger partial charge on any atom is 0.412 e. The third-order valence-electron chi connectivity index (χ3n) is 3.00. The van der Waals surface area contributed by atoms with Gasteiger partial charge in [-0.1, -0.05) is 18.7 Å². The highest BCUT2D eigenvalue weighted by atomic mass is 16.6. The molecule has 1 amide bonds. The van der Waals surface area contributed by atoms with Crippen molar-refractivity contribution >= 4 is 23.7 Å². The second kappa shape index (κ2) is 9.03. The highest BCUT2D eigenvalue weighted by molar-refractivity contribution is 5.90. The van der Waals surface area contributed by atoms with E-state index in [2.05, 4.69) is 11.9 Å². The van der Waals surface area contributed by atoms with Crippen molar-refractivity contribution in [3.63, 3.8) is 0 Å². The predicted molar refractivity (Wildman–Crippen MR) is 96.6 cm³/mol. The van der Waals surface area contributed by atoms with Crippen LogP contribution in [-0.4, -0.2) is 30.2 Å². The Labute approximate surface area is 153 Å². The highest BCUT2D eigenvalue weighted by Gasteiger charge is 2.25. The molecule has 0 aliphatic rings. The number of anilines is 1. The molecule has 0 fully saturated rings. The van der Waals surface area contributed by atoms with Crippen LogP contribution in [0.2, 0.25) is 0 Å². The molecule has 26 heavy (non-hydrogen) atoms. The van der Waals surface area contributed by atoms with E-state index in [4.69, 9.17) is 14.2 Å². The zero-order valence-electron chi connectivity index (χ0n) is 15.8. The molecule has 0 bridgehead atoms. The number of esters is 2. The van der Waals surface area contributed by atoms with Crippen molar-refractivity contribution in [2.75, 3.05) is 11.9 Å². The summed E-state index contributed by atoms with van der Waals surface area (Å²) in [7, 11) is 0. The summed E-state index contributed by atoms with van der Waals surface area (Å²) in [6, 6.07) is 6.44. The van der Waals surface area contributed by atoms with Crippen LogP contribution in [0.3, 0.4) is 0 Å². The van der Waals surface area contributed by atoms with Gasteiger partial charge in [-0.2, -0.15) is 0 Å². The number of rotatable bonds is 6. The van der Waals surface area contributed by atoms with Crippen molar-refractivity contribution in [3.05, 3.63) is 42.0 Å². The molecular formula is C19H25NO6. The van der Waals surface area contributed by atoms with Gasteiger partial charge >= 0.3 is 18.0 Å². The Kier molecular flexibility index (Phi) is 7.37. The van der Waals surface area contributed by atoms with Gasteiger partial charge in [0.15, 0.2) is 6.10 Å². The molecule has 1 aromatic carbocycles. The van der Waals surface area contributed by atoms with Crippen LogP contribution in [0.4, 0.5) is 10.5 Å². The first kappa shape index (κ1) is 21.2. The van der Waals surface area contributed by atoms with Crippen LogP contribution < -0.4 is 5.32 Å². The minimum absolute atomic E-state index is 0.00917. The zero-order valence-corrected chi connectivity index (χ0v) is 15.8. The minimum Gasteiger partial charge on any atom is -0.463 e. The molecule has 1 rings (SSSR count). The fourth-order valence-corrected chi connectivity index (χ4v) is 2.00. The number of hydrogen-bond acceptors (Lipinski definition) is 6. The molecule has 0 radical (unpaired) electrons. The van der Waals surface area contributed by atoms with E-state index in [9.17, 15) is 14.4 Å². The third kappa shape index (κ3) is 6.96. The van der Waals surface area contributed by atoms with Crippen molar-refractivity contribution in [3.8, 4) is 0 Å². The van der Waals surface area contributed by atoms with Crippen LogP contribution in [0, 0.1) is 0 Å². The molecule has 1 unspecified atom stereocenters. The second-order valence-electron chi connectivity index (χ2n) is 6.48. The van der Waals surface area contributed by atoms with E-state index in [1.165, 1.54) is 6.92 Å². The average Bonchev–Trinajstić information content (AvgIpc) is 2.51. The number of amides is 1. The van der Waals surface area contributed by atoms with E-state index in [1.807, 2.05) is 0 Å². The van der Waals surface area contributed by atoms with Gasteiger partial charge in [-0.15, -0.1) is 0 Å². The number of ether oxygens (including phenoxy) is 3. The Morgan fingerprint density at radius 1 is 1.15 bits per heavy atom. The quantitative estimate of drug-likeness (QED) is 0.470. The van der Waals surface area contributed by atoms with Crippen LogP contribution >= 0.6 is 0 Å². The first-order valence-corrected chi connectivity index (χ1v) is 8.16. The van der Waals surface area contributed by atoms with Crippen molar-refractivity contribution in [1.82, 2.24) is 0 Å². The largest absolute Gasteiger partial charge is 0.463 e. The molecule has 7 nitrogen and oxygen atoms in total. The van der Waals surface area contributed by atoms with Gasteiger partial charge in [-0.3, -0.25) is 10.1 Å². The smallest absolute Gasteiger partial charge is 0.412 e. The number of hydrogen-bond donors (Lipinski definition) is 1. The number of carbonyl (C=O) groups excluding carboxylic acids is 3. The predicted octanol–water partition coefficient (Wildman–Crippen LogP) is 3.76. The Morgan fingerprint density at radius 3 is 2.19 bits per heavy atom. The Morgan fingerprint density at radius 2 is 1.73 bits per heavy atom. The third-order valence-corrected chi connectivity index (χ3v) is 3.00. The first-order chi connectivity index (χ1) is 12.0. The van der Waals surface area contributed by atoms with Crippen LogP contribution in [0.25, 0.3) is 0 Å². The topological polar surface area (TPSA) is 90.9 Å². The fraction of sp³-hybridized carbons (Fsp3) is 0.421. The Balaban J connectivity index is 2.93. The molecule has 0 aliphatic heterocycles. The Bertz CT molecular complexity index is 672. The summed E-state index contributed by atoms with van der Waals surface area (Å²) in [4.78, 5) is 35.1. The summed E-state index contributed by atoms with van der Waals surface area (Å²) in [5.41, 5.74) is 0.413. The van der Waals surface area contributed by atoms with Gasteiger partial charge in [-0.05, 0) is 45.4 Å². The molecule has 7 heteroatoms. The summed E-state index contributed by atoms with van der Waals surface area (Å²) in [5.74, 6) is -1.20. The second-order valence-corrected chi connectivity index (χ2v) is 6.48. The molecular weight excluding hydrogens is 338 g/mol. The van der Waals surface area contributed by atoms with Gasteiger partial charge in [0.2, 0.25) is 0 Å². The van der Waals surface area contributed by atoms with Crippen LogP contribution in [-0.2, 0) is 23.8 Å². The molecule has 0 aromatic heterocycles. The Hall–Kier alpha value is -2.83. The molecule has 0 heterocycles. The number of benzene rings is 1. The summed E-state index contributed by atoms with van der Waals surface area (Å²) in [6.45, 7) is 12.1. The maximum absolute atomic E-state index is 11.9. The van der Waals surface area contributed by atoms with E-state index < -0.39 is 29.7 Å². The lowest BCUT2D eigenvalue weighted by molar-refractivity contribution is -0.147. The maximum atomic E-state index is 11.9. The van der Waals surface area contributed by atoms with E-state index >= 15 is 0 Å². The van der Waals surface area contributed by atoms with Crippen molar-refractivity contribution in [2.24, 2.45) is 0 Å². The van der Waals surface area contributed by atoms with E-state index in [0.717, 1.165) is 0 Å². The standard InChI is InChI=1S/C19H25NO6/c1-7-24-17(22)12(2)16(25-13(3)21)14-8-10-15(11-9-14)20-18(23)26-19(4,5)6/h8-11,16H,2,7H2,1,3-6H3,(H,20,23). The summed E-state index contributed by atoms with van der Waals surface area (Å²) < 4.78 is 15.3. The fourth-order valence-electron chi connectivity index (χ4n) is 2.00. The van der Waals surface area contributed by atoms with Crippen molar-refractivity contribution in [2.45, 2.75) is 46.3 Å². The van der Waals surface area contributed by atoms with Gasteiger partial charge in [-0.25, -0.2) is 9.59 Å². The van der Waals surface area contributed by atoms with E-state index in [0.29, 0.717) is 11.3 Å². The van der Waals surface area contributed by atoms with Crippen LogP contribution in [0.1, 0.15) is 46.3 Å². The molecule has 1 N–H and O–H groups in total. The van der Waals surface area contributed by atoms with E-state index in [-0.39, 0.29) is 12.2 Å². The molecule has 0 spiro atoms. The molecule has 0 saturated carbocycles. The van der Waals surface area contributed by atoms with Crippen LogP contribution in [0.15, 0.2) is 36.4 Å². The van der Waals surface area contributed by atoms with Gasteiger partial charge in [0.1, 0.15) is 5.60 Å². The monoisotopic (exact) mass is 363 g/mol. The average molecular weight is 363 g/mol. The summed E-state index contributed by atoms with van der Waals surface area (Å²) in [5, 5.41) is 2.59. The zero-order chi connectivity index (χ0) is 19.9. The van der Waals surface area contributed by atoms with Gasteiger partial charge in [0, 0.05) is 12.6 Å². The minimum atomic E-state index is -0.970. The summed E-state index contributed by atoms with van der Waals surface area (Å²) in [6.07, 6.45) is -1.56. The van der Waals surface area contributed by atoms with E-state index in [1.54, 1.807) is 52.0 Å². The molecule has 1 atom stereocenters. The lowest BCUT2D eigenvalue weighted by Gasteiger charge is -2.20. The van der Waals surface area contributed by atoms with Gasteiger partial charge < -0.3 is 14.2 Å². The lowest BCUT2D eigenvalue weighted by Crippen LogP contribution is -2.27. The molecule has 1 aromatic rings. The molecule has 0 saturated heterocycles. The van der Waals surface area contributed by atoms with Gasteiger partial charge in [0.05, 0.1) is 12.2 Å². The highest BCUT2D eigenvalue weighted by Crippen LogP contribution is 2.27. The lowest BCUT2D eigenvalue weighted by atomic mass is 10.0. The molecule has 142 valence electrons. The summed E-state index contributed by atoms with van der Waals surface area (Å²) >= 11 is 0. The SMILES string of the molecule is C=C(C(=O)OCC)C(OC(C)=O)c1ccc(NC(=O)OC(C)(C)C)cc1. The molecule has 0 aliphatic carbocycles.